The molecule has 5 atom stereocenters. The van der Waals surface area contributed by atoms with Gasteiger partial charge >= 0.3 is 0 Å². The van der Waals surface area contributed by atoms with Crippen LogP contribution in [0.5, 0.6) is 0 Å². The number of methoxy groups -OCH3 is 1. The van der Waals surface area contributed by atoms with Crippen LogP contribution in [0.3, 0.4) is 0 Å². The highest BCUT2D eigenvalue weighted by Crippen LogP contribution is 2.26. The normalized spacial score (nSPS) is 23.5. The van der Waals surface area contributed by atoms with Gasteiger partial charge in [-0.05, 0) is 59.9 Å². The molecular formula is C33H42N6O8. The van der Waals surface area contributed by atoms with Crippen molar-refractivity contribution >= 4 is 28.4 Å². The second-order valence-corrected chi connectivity index (χ2v) is 11.6. The number of carbonyl (C=O) groups is 1. The molecule has 1 aromatic heterocycles. The fourth-order valence-corrected chi connectivity index (χ4v) is 5.67. The minimum absolute atomic E-state index is 0.0162. The third-order valence-electron chi connectivity index (χ3n) is 8.25. The van der Waals surface area contributed by atoms with Crippen LogP contribution >= 0.6 is 0 Å². The first-order valence-electron chi connectivity index (χ1n) is 15.8. The van der Waals surface area contributed by atoms with Crippen molar-refractivity contribution in [2.24, 2.45) is 0 Å². The third kappa shape index (κ3) is 9.11. The van der Waals surface area contributed by atoms with Gasteiger partial charge < -0.3 is 44.5 Å². The van der Waals surface area contributed by atoms with Gasteiger partial charge in [0.05, 0.1) is 39.2 Å². The summed E-state index contributed by atoms with van der Waals surface area (Å²) >= 11 is 0. The molecule has 0 saturated carbocycles. The number of nitrogens with zero attached hydrogens (tertiary/aromatic N) is 5. The van der Waals surface area contributed by atoms with Crippen LogP contribution in [-0.4, -0.2) is 113 Å². The summed E-state index contributed by atoms with van der Waals surface area (Å²) in [6.07, 6.45) is 0.895. The molecular weight excluding hydrogens is 608 g/mol. The van der Waals surface area contributed by atoms with Crippen LogP contribution < -0.4 is 10.2 Å². The molecule has 2 aromatic carbocycles. The highest BCUT2D eigenvalue weighted by molar-refractivity contribution is 6.02. The smallest absolute Gasteiger partial charge is 0.262 e. The van der Waals surface area contributed by atoms with E-state index in [2.05, 4.69) is 38.7 Å². The van der Waals surface area contributed by atoms with Crippen LogP contribution in [0.4, 0.5) is 5.69 Å². The molecule has 3 heterocycles. The maximum Gasteiger partial charge on any atom is 0.262 e. The van der Waals surface area contributed by atoms with Gasteiger partial charge in [-0.1, -0.05) is 23.4 Å². The molecule has 5 rings (SSSR count). The number of amides is 1. The van der Waals surface area contributed by atoms with E-state index in [4.69, 9.17) is 18.9 Å². The molecule has 3 aromatic rings. The molecule has 252 valence electrons. The number of aliphatic hydroxyl groups excluding tert-OH is 3. The largest absolute Gasteiger partial charge is 0.388 e. The standard InChI is InChI=1S/C33H42N6O8/c1-44-33-31(42)30(41)29(40)28(47-33)20-39-19-26(36-37-39)21-46-14-13-45-12-9-35-32(43)25(18-34)16-22-5-6-24-17-27(8-7-23(24)15-22)38-10-3-2-4-11-38/h5-8,15-17,19,28-31,33,40-42H,2-4,9-14,20-21H2,1H3,(H,35,43)/b25-16-/t28-,29-,30+,31-,33+/m1/s1. The molecule has 0 radical (unpaired) electrons. The Balaban J connectivity index is 0.986. The molecule has 0 spiro atoms. The highest BCUT2D eigenvalue weighted by atomic mass is 16.7. The molecule has 2 aliphatic rings. The van der Waals surface area contributed by atoms with E-state index in [-0.39, 0.29) is 45.1 Å². The zero-order valence-corrected chi connectivity index (χ0v) is 26.4. The SMILES string of the molecule is CO[C@H]1O[C@H](Cn2cc(COCCOCCNC(=O)/C(C#N)=C\c3ccc4cc(N5CCCCC5)ccc4c3)nn2)[C@@H](O)[C@H](O)[C@H]1O. The average Bonchev–Trinajstić information content (AvgIpc) is 3.55. The van der Waals surface area contributed by atoms with Crippen LogP contribution in [0.2, 0.25) is 0 Å². The molecule has 14 nitrogen and oxygen atoms in total. The van der Waals surface area contributed by atoms with Crippen LogP contribution in [0.25, 0.3) is 16.8 Å². The first kappa shape index (κ1) is 34.4. The molecule has 1 amide bonds. The second-order valence-electron chi connectivity index (χ2n) is 11.6. The molecule has 0 unspecified atom stereocenters. The van der Waals surface area contributed by atoms with Crippen LogP contribution in [-0.2, 0) is 36.9 Å². The van der Waals surface area contributed by atoms with Crippen molar-refractivity contribution < 1.29 is 39.1 Å². The van der Waals surface area contributed by atoms with E-state index in [1.807, 2.05) is 24.3 Å². The number of piperidine rings is 1. The summed E-state index contributed by atoms with van der Waals surface area (Å²) in [7, 11) is 1.33. The number of nitrogens with one attached hydrogen (secondary N) is 1. The lowest BCUT2D eigenvalue weighted by Crippen LogP contribution is -2.58. The van der Waals surface area contributed by atoms with Gasteiger partial charge in [0.2, 0.25) is 0 Å². The van der Waals surface area contributed by atoms with E-state index < -0.39 is 36.6 Å². The predicted molar refractivity (Wildman–Crippen MR) is 171 cm³/mol. The fourth-order valence-electron chi connectivity index (χ4n) is 5.67. The molecule has 2 aliphatic heterocycles. The molecule has 14 heteroatoms. The Kier molecular flexibility index (Phi) is 12.3. The van der Waals surface area contributed by atoms with Gasteiger partial charge in [0.15, 0.2) is 6.29 Å². The monoisotopic (exact) mass is 650 g/mol. The van der Waals surface area contributed by atoms with Gasteiger partial charge in [-0.3, -0.25) is 4.79 Å². The van der Waals surface area contributed by atoms with E-state index in [0.29, 0.717) is 5.69 Å². The topological polar surface area (TPSA) is 184 Å². The van der Waals surface area contributed by atoms with Crippen molar-refractivity contribution in [3.8, 4) is 6.07 Å². The minimum atomic E-state index is -1.42. The van der Waals surface area contributed by atoms with Gasteiger partial charge in [-0.15, -0.1) is 5.10 Å². The summed E-state index contributed by atoms with van der Waals surface area (Å²) in [6, 6.07) is 14.3. The Labute approximate surface area is 273 Å². The summed E-state index contributed by atoms with van der Waals surface area (Å²) in [5, 5.41) is 52.6. The van der Waals surface area contributed by atoms with Crippen molar-refractivity contribution in [1.29, 1.82) is 5.26 Å². The fraction of sp³-hybridized carbons (Fsp3) is 0.515. The minimum Gasteiger partial charge on any atom is -0.388 e. The Morgan fingerprint density at radius 2 is 1.81 bits per heavy atom. The van der Waals surface area contributed by atoms with E-state index >= 15 is 0 Å². The lowest BCUT2D eigenvalue weighted by atomic mass is 9.99. The maximum absolute atomic E-state index is 12.6. The van der Waals surface area contributed by atoms with Gasteiger partial charge in [-0.2, -0.15) is 5.26 Å². The number of ether oxygens (including phenoxy) is 4. The summed E-state index contributed by atoms with van der Waals surface area (Å²) in [5.41, 5.74) is 2.56. The van der Waals surface area contributed by atoms with Crippen molar-refractivity contribution in [1.82, 2.24) is 20.3 Å². The Morgan fingerprint density at radius 3 is 2.60 bits per heavy atom. The molecule has 4 N–H and O–H groups in total. The van der Waals surface area contributed by atoms with E-state index in [1.54, 1.807) is 12.3 Å². The Hall–Kier alpha value is -3.94. The van der Waals surface area contributed by atoms with Crippen molar-refractivity contribution in [3.63, 3.8) is 0 Å². The molecule has 0 bridgehead atoms. The summed E-state index contributed by atoms with van der Waals surface area (Å²) in [4.78, 5) is 15.0. The van der Waals surface area contributed by atoms with Crippen molar-refractivity contribution in [2.75, 3.05) is 51.5 Å². The number of hydrogen-bond acceptors (Lipinski definition) is 12. The highest BCUT2D eigenvalue weighted by Gasteiger charge is 2.44. The van der Waals surface area contributed by atoms with Gasteiger partial charge in [0.25, 0.3) is 5.91 Å². The van der Waals surface area contributed by atoms with E-state index in [1.165, 1.54) is 36.7 Å². The second kappa shape index (κ2) is 16.8. The van der Waals surface area contributed by atoms with Crippen LogP contribution in [0.15, 0.2) is 48.2 Å². The summed E-state index contributed by atoms with van der Waals surface area (Å²) < 4.78 is 23.1. The number of nitriles is 1. The molecule has 2 saturated heterocycles. The number of anilines is 1. The predicted octanol–water partition coefficient (Wildman–Crippen LogP) is 1.13. The lowest BCUT2D eigenvalue weighted by molar-refractivity contribution is -0.292. The number of aliphatic hydroxyl groups is 3. The Bertz CT molecular complexity index is 1550. The number of benzene rings is 2. The molecule has 0 aliphatic carbocycles. The summed E-state index contributed by atoms with van der Waals surface area (Å²) in [5.74, 6) is -0.467. The first-order valence-corrected chi connectivity index (χ1v) is 15.8. The van der Waals surface area contributed by atoms with E-state index in [9.17, 15) is 25.4 Å². The molecule has 47 heavy (non-hydrogen) atoms. The number of rotatable bonds is 14. The van der Waals surface area contributed by atoms with Crippen LogP contribution in [0.1, 0.15) is 30.5 Å². The quantitative estimate of drug-likeness (QED) is 0.111. The number of carbonyl (C=O) groups excluding carboxylic acids is 1. The summed E-state index contributed by atoms with van der Waals surface area (Å²) in [6.45, 7) is 3.44. The van der Waals surface area contributed by atoms with Gasteiger partial charge in [-0.25, -0.2) is 4.68 Å². The van der Waals surface area contributed by atoms with Crippen LogP contribution in [0, 0.1) is 11.3 Å². The van der Waals surface area contributed by atoms with Gasteiger partial charge in [0.1, 0.15) is 41.8 Å². The zero-order valence-electron chi connectivity index (χ0n) is 26.4. The lowest BCUT2D eigenvalue weighted by Gasteiger charge is -2.39. The third-order valence-corrected chi connectivity index (χ3v) is 8.25. The first-order chi connectivity index (χ1) is 22.9. The van der Waals surface area contributed by atoms with E-state index in [0.717, 1.165) is 29.4 Å². The average molecular weight is 651 g/mol. The van der Waals surface area contributed by atoms with Gasteiger partial charge in [0, 0.05) is 32.4 Å². The number of fused-ring (bicyclic) bond motifs is 1. The number of aromatic nitrogens is 3. The zero-order chi connectivity index (χ0) is 33.2. The number of hydrogen-bond donors (Lipinski definition) is 4. The van der Waals surface area contributed by atoms with Crippen molar-refractivity contribution in [2.45, 2.75) is 63.1 Å². The Morgan fingerprint density at radius 1 is 1.04 bits per heavy atom. The van der Waals surface area contributed by atoms with Crippen molar-refractivity contribution in [3.05, 3.63) is 59.4 Å². The molecule has 2 fully saturated rings. The maximum atomic E-state index is 12.6.